The van der Waals surface area contributed by atoms with Gasteiger partial charge in [0.2, 0.25) is 5.91 Å². The number of ether oxygens (including phenoxy) is 1. The van der Waals surface area contributed by atoms with E-state index >= 15 is 0 Å². The van der Waals surface area contributed by atoms with Crippen LogP contribution < -0.4 is 0 Å². The van der Waals surface area contributed by atoms with E-state index in [2.05, 4.69) is 4.90 Å². The summed E-state index contributed by atoms with van der Waals surface area (Å²) >= 11 is 1.58. The number of hydrogen-bond acceptors (Lipinski definition) is 6. The lowest BCUT2D eigenvalue weighted by Crippen LogP contribution is -2.52. The second-order valence-corrected chi connectivity index (χ2v) is 9.16. The lowest BCUT2D eigenvalue weighted by Gasteiger charge is -2.36. The zero-order chi connectivity index (χ0) is 22.6. The molecule has 2 aromatic heterocycles. The molecule has 0 radical (unpaired) electrons. The molecule has 0 spiro atoms. The maximum atomic E-state index is 13.5. The van der Waals surface area contributed by atoms with Crippen molar-refractivity contribution in [1.82, 2.24) is 24.5 Å². The van der Waals surface area contributed by atoms with Gasteiger partial charge < -0.3 is 14.5 Å². The van der Waals surface area contributed by atoms with E-state index in [0.29, 0.717) is 70.3 Å². The molecule has 172 valence electrons. The fraction of sp³-hybridized carbons (Fsp3) is 0.375. The second-order valence-electron chi connectivity index (χ2n) is 8.21. The second kappa shape index (κ2) is 9.86. The van der Waals surface area contributed by atoms with Gasteiger partial charge in [-0.3, -0.25) is 14.5 Å². The zero-order valence-corrected chi connectivity index (χ0v) is 19.2. The minimum absolute atomic E-state index is 0.0141. The Kier molecular flexibility index (Phi) is 6.52. The van der Waals surface area contributed by atoms with Gasteiger partial charge in [0.25, 0.3) is 5.91 Å². The van der Waals surface area contributed by atoms with Crippen molar-refractivity contribution in [1.29, 1.82) is 0 Å². The van der Waals surface area contributed by atoms with Crippen LogP contribution in [0.25, 0.3) is 16.3 Å². The van der Waals surface area contributed by atoms with Gasteiger partial charge in [-0.1, -0.05) is 24.3 Å². The monoisotopic (exact) mass is 465 g/mol. The SMILES string of the molecule is O=C(CN1CCN(C(=O)c2cn(-c3ccccc3)nc2-c2cccs2)CC1)N1CCOCC1. The molecule has 33 heavy (non-hydrogen) atoms. The number of carbonyl (C=O) groups is 2. The summed E-state index contributed by atoms with van der Waals surface area (Å²) in [6.45, 7) is 5.49. The Morgan fingerprint density at radius 1 is 0.909 bits per heavy atom. The number of benzene rings is 1. The highest BCUT2D eigenvalue weighted by atomic mass is 32.1. The predicted octanol–water partition coefficient (Wildman–Crippen LogP) is 2.22. The van der Waals surface area contributed by atoms with E-state index in [1.165, 1.54) is 0 Å². The molecule has 1 aromatic carbocycles. The molecular weight excluding hydrogens is 438 g/mol. The van der Waals surface area contributed by atoms with Crippen molar-refractivity contribution in [2.75, 3.05) is 59.0 Å². The van der Waals surface area contributed by atoms with Gasteiger partial charge in [-0.25, -0.2) is 4.68 Å². The number of aromatic nitrogens is 2. The van der Waals surface area contributed by atoms with E-state index in [1.807, 2.05) is 63.8 Å². The van der Waals surface area contributed by atoms with Crippen molar-refractivity contribution in [2.45, 2.75) is 0 Å². The molecule has 0 unspecified atom stereocenters. The highest BCUT2D eigenvalue weighted by Crippen LogP contribution is 2.29. The van der Waals surface area contributed by atoms with E-state index in [9.17, 15) is 9.59 Å². The lowest BCUT2D eigenvalue weighted by molar-refractivity contribution is -0.136. The Morgan fingerprint density at radius 3 is 2.36 bits per heavy atom. The Morgan fingerprint density at radius 2 is 1.67 bits per heavy atom. The molecule has 4 heterocycles. The molecule has 9 heteroatoms. The third-order valence-corrected chi connectivity index (χ3v) is 6.98. The molecule has 2 amide bonds. The number of morpholine rings is 1. The Labute approximate surface area is 197 Å². The van der Waals surface area contributed by atoms with Crippen molar-refractivity contribution in [2.24, 2.45) is 0 Å². The van der Waals surface area contributed by atoms with Crippen LogP contribution in [0.1, 0.15) is 10.4 Å². The van der Waals surface area contributed by atoms with Crippen molar-refractivity contribution in [3.63, 3.8) is 0 Å². The fourth-order valence-electron chi connectivity index (χ4n) is 4.22. The first kappa shape index (κ1) is 21.8. The predicted molar refractivity (Wildman–Crippen MR) is 127 cm³/mol. The van der Waals surface area contributed by atoms with Gasteiger partial charge in [0.05, 0.1) is 35.9 Å². The molecule has 2 aliphatic rings. The quantitative estimate of drug-likeness (QED) is 0.578. The molecule has 0 atom stereocenters. The summed E-state index contributed by atoms with van der Waals surface area (Å²) in [4.78, 5) is 32.9. The Bertz CT molecular complexity index is 1080. The molecule has 0 saturated carbocycles. The normalized spacial score (nSPS) is 17.3. The summed E-state index contributed by atoms with van der Waals surface area (Å²) in [6.07, 6.45) is 1.83. The number of amides is 2. The number of piperazine rings is 1. The molecule has 2 aliphatic heterocycles. The van der Waals surface area contributed by atoms with Crippen LogP contribution in [0.5, 0.6) is 0 Å². The highest BCUT2D eigenvalue weighted by Gasteiger charge is 2.28. The summed E-state index contributed by atoms with van der Waals surface area (Å²) in [6, 6.07) is 13.8. The topological polar surface area (TPSA) is 70.9 Å². The molecule has 0 aliphatic carbocycles. The van der Waals surface area contributed by atoms with Crippen molar-refractivity contribution in [3.8, 4) is 16.3 Å². The first-order valence-electron chi connectivity index (χ1n) is 11.2. The van der Waals surface area contributed by atoms with Crippen LogP contribution in [0.15, 0.2) is 54.0 Å². The van der Waals surface area contributed by atoms with Gasteiger partial charge >= 0.3 is 0 Å². The third-order valence-electron chi connectivity index (χ3n) is 6.10. The highest BCUT2D eigenvalue weighted by molar-refractivity contribution is 7.13. The van der Waals surface area contributed by atoms with Crippen LogP contribution in [0, 0.1) is 0 Å². The van der Waals surface area contributed by atoms with Crippen LogP contribution in [0.2, 0.25) is 0 Å². The molecule has 8 nitrogen and oxygen atoms in total. The largest absolute Gasteiger partial charge is 0.378 e. The van der Waals surface area contributed by atoms with Crippen LogP contribution >= 0.6 is 11.3 Å². The fourth-order valence-corrected chi connectivity index (χ4v) is 4.95. The Hall–Kier alpha value is -3.01. The summed E-state index contributed by atoms with van der Waals surface area (Å²) in [7, 11) is 0. The van der Waals surface area contributed by atoms with Crippen molar-refractivity contribution >= 4 is 23.2 Å². The average molecular weight is 466 g/mol. The molecule has 2 saturated heterocycles. The molecule has 0 N–H and O–H groups in total. The van der Waals surface area contributed by atoms with E-state index in [4.69, 9.17) is 9.84 Å². The average Bonchev–Trinajstić information content (AvgIpc) is 3.55. The maximum Gasteiger partial charge on any atom is 0.257 e. The van der Waals surface area contributed by atoms with E-state index in [0.717, 1.165) is 10.6 Å². The van der Waals surface area contributed by atoms with Crippen LogP contribution in [-0.2, 0) is 9.53 Å². The number of hydrogen-bond donors (Lipinski definition) is 0. The van der Waals surface area contributed by atoms with Crippen LogP contribution in [0.4, 0.5) is 0 Å². The smallest absolute Gasteiger partial charge is 0.257 e. The number of thiophene rings is 1. The first-order chi connectivity index (χ1) is 16.2. The first-order valence-corrected chi connectivity index (χ1v) is 12.1. The van der Waals surface area contributed by atoms with Gasteiger partial charge in [0.15, 0.2) is 0 Å². The zero-order valence-electron chi connectivity index (χ0n) is 18.4. The van der Waals surface area contributed by atoms with Gasteiger partial charge in [-0.15, -0.1) is 11.3 Å². The van der Waals surface area contributed by atoms with Crippen LogP contribution in [0.3, 0.4) is 0 Å². The Balaban J connectivity index is 1.28. The van der Waals surface area contributed by atoms with Gasteiger partial charge in [0.1, 0.15) is 5.69 Å². The number of para-hydroxylation sites is 1. The molecule has 2 fully saturated rings. The summed E-state index contributed by atoms with van der Waals surface area (Å²) in [5, 5.41) is 6.75. The molecule has 0 bridgehead atoms. The minimum atomic E-state index is -0.0141. The summed E-state index contributed by atoms with van der Waals surface area (Å²) < 4.78 is 7.11. The number of nitrogens with zero attached hydrogens (tertiary/aromatic N) is 5. The van der Waals surface area contributed by atoms with Crippen molar-refractivity contribution < 1.29 is 14.3 Å². The number of carbonyl (C=O) groups excluding carboxylic acids is 2. The van der Waals surface area contributed by atoms with Gasteiger partial charge in [-0.2, -0.15) is 5.10 Å². The lowest BCUT2D eigenvalue weighted by atomic mass is 10.1. The van der Waals surface area contributed by atoms with Crippen molar-refractivity contribution in [3.05, 3.63) is 59.6 Å². The summed E-state index contributed by atoms with van der Waals surface area (Å²) in [5.41, 5.74) is 2.24. The summed E-state index contributed by atoms with van der Waals surface area (Å²) in [5.74, 6) is 0.127. The minimum Gasteiger partial charge on any atom is -0.378 e. The van der Waals surface area contributed by atoms with E-state index in [1.54, 1.807) is 16.0 Å². The van der Waals surface area contributed by atoms with Gasteiger partial charge in [0, 0.05) is 45.5 Å². The number of rotatable bonds is 5. The van der Waals surface area contributed by atoms with Crippen LogP contribution in [-0.4, -0.2) is 95.3 Å². The maximum absolute atomic E-state index is 13.5. The molecule has 5 rings (SSSR count). The molecule has 3 aromatic rings. The third kappa shape index (κ3) is 4.85. The van der Waals surface area contributed by atoms with E-state index in [-0.39, 0.29) is 11.8 Å². The standard InChI is InChI=1S/C24H27N5O3S/c30-22(27-12-14-32-15-13-27)18-26-8-10-28(11-9-26)24(31)20-17-29(19-5-2-1-3-6-19)25-23(20)21-7-4-16-33-21/h1-7,16-17H,8-15,18H2. The van der Waals surface area contributed by atoms with Gasteiger partial charge in [-0.05, 0) is 23.6 Å². The van der Waals surface area contributed by atoms with E-state index < -0.39 is 0 Å². The molecular formula is C24H27N5O3S.